The minimum Gasteiger partial charge on any atom is -0.504 e. The quantitative estimate of drug-likeness (QED) is 0.223. The molecule has 0 saturated carbocycles. The van der Waals surface area contributed by atoms with E-state index in [4.69, 9.17) is 11.6 Å². The van der Waals surface area contributed by atoms with Crippen LogP contribution in [0.3, 0.4) is 0 Å². The summed E-state index contributed by atoms with van der Waals surface area (Å²) in [6.45, 7) is 3.98. The number of amides is 3. The van der Waals surface area contributed by atoms with Crippen molar-refractivity contribution in [1.82, 2.24) is 39.3 Å². The van der Waals surface area contributed by atoms with Gasteiger partial charge in [0.1, 0.15) is 18.6 Å². The standard InChI is InChI=1S/C34H30ClF3N10O5/c1-3-24-27(45-8-10-46(11-9-45)31(52)26-28(50)17(2)40-16-41-26)32(53)48-33(43-29(44-48)18-4-5-19-14-39-30(51)21(19)12-18)47(24)15-25(49)42-23-7-6-20(13-22(23)35)34(36,37)38/h4-7,12-13,16,50H,3,8-11,14-15H2,1-2H3,(H,39,51)(H,42,49). The number of benzene rings is 2. The van der Waals surface area contributed by atoms with Gasteiger partial charge in [0.25, 0.3) is 17.4 Å². The summed E-state index contributed by atoms with van der Waals surface area (Å²) in [4.78, 5) is 69.3. The number of nitrogens with one attached hydrogen (secondary N) is 2. The molecule has 0 radical (unpaired) electrons. The van der Waals surface area contributed by atoms with E-state index in [1.54, 1.807) is 36.9 Å². The number of fused-ring (bicyclic) bond motifs is 2. The van der Waals surface area contributed by atoms with Crippen LogP contribution in [-0.2, 0) is 30.5 Å². The molecule has 1 fully saturated rings. The Morgan fingerprint density at radius 3 is 2.51 bits per heavy atom. The van der Waals surface area contributed by atoms with Crippen molar-refractivity contribution in [2.24, 2.45) is 0 Å². The van der Waals surface area contributed by atoms with Gasteiger partial charge >= 0.3 is 6.18 Å². The van der Waals surface area contributed by atoms with Gasteiger partial charge in [0, 0.05) is 43.9 Å². The zero-order valence-corrected chi connectivity index (χ0v) is 28.9. The van der Waals surface area contributed by atoms with Gasteiger partial charge in [0.15, 0.2) is 17.3 Å². The summed E-state index contributed by atoms with van der Waals surface area (Å²) in [5, 5.41) is 19.9. The summed E-state index contributed by atoms with van der Waals surface area (Å²) in [6.07, 6.45) is -3.21. The van der Waals surface area contributed by atoms with Crippen LogP contribution in [0, 0.1) is 6.92 Å². The van der Waals surface area contributed by atoms with Crippen LogP contribution < -0.4 is 21.1 Å². The lowest BCUT2D eigenvalue weighted by molar-refractivity contribution is -0.137. The fourth-order valence-electron chi connectivity index (χ4n) is 6.44. The molecule has 2 aromatic carbocycles. The van der Waals surface area contributed by atoms with E-state index in [0.717, 1.165) is 22.2 Å². The van der Waals surface area contributed by atoms with Gasteiger partial charge in [-0.3, -0.25) is 19.2 Å². The molecule has 0 atom stereocenters. The van der Waals surface area contributed by atoms with Crippen LogP contribution >= 0.6 is 11.6 Å². The average molecular weight is 751 g/mol. The molecule has 0 spiro atoms. The summed E-state index contributed by atoms with van der Waals surface area (Å²) in [7, 11) is 0. The van der Waals surface area contributed by atoms with Crippen LogP contribution in [-0.4, -0.2) is 83.0 Å². The fraction of sp³-hybridized carbons (Fsp3) is 0.294. The normalized spacial score (nSPS) is 14.4. The molecule has 5 heterocycles. The van der Waals surface area contributed by atoms with Crippen molar-refractivity contribution in [2.45, 2.75) is 39.5 Å². The first kappa shape index (κ1) is 35.4. The van der Waals surface area contributed by atoms with Gasteiger partial charge in [-0.05, 0) is 43.2 Å². The highest BCUT2D eigenvalue weighted by molar-refractivity contribution is 6.33. The Bertz CT molecular complexity index is 2390. The fourth-order valence-corrected chi connectivity index (χ4v) is 6.66. The topological polar surface area (TPSA) is 180 Å². The molecule has 2 aliphatic heterocycles. The summed E-state index contributed by atoms with van der Waals surface area (Å²) < 4.78 is 42.3. The van der Waals surface area contributed by atoms with Crippen molar-refractivity contribution in [3.05, 3.63) is 91.9 Å². The number of anilines is 2. The molecule has 1 saturated heterocycles. The minimum absolute atomic E-state index is 0.00707. The van der Waals surface area contributed by atoms with Gasteiger partial charge in [-0.25, -0.2) is 9.97 Å². The van der Waals surface area contributed by atoms with Crippen LogP contribution in [0.2, 0.25) is 5.02 Å². The number of carbonyl (C=O) groups excluding carboxylic acids is 3. The zero-order valence-electron chi connectivity index (χ0n) is 28.2. The second-order valence-corrected chi connectivity index (χ2v) is 12.8. The number of aromatic nitrogens is 6. The van der Waals surface area contributed by atoms with Gasteiger partial charge in [0.05, 0.1) is 27.7 Å². The van der Waals surface area contributed by atoms with Crippen LogP contribution in [0.1, 0.15) is 50.3 Å². The van der Waals surface area contributed by atoms with Gasteiger partial charge in [-0.2, -0.15) is 22.7 Å². The third-order valence-electron chi connectivity index (χ3n) is 9.18. The molecule has 3 aromatic heterocycles. The van der Waals surface area contributed by atoms with Crippen molar-refractivity contribution >= 4 is 46.5 Å². The number of alkyl halides is 3. The number of hydrogen-bond acceptors (Lipinski definition) is 10. The molecule has 0 aliphatic carbocycles. The van der Waals surface area contributed by atoms with Crippen molar-refractivity contribution in [3.63, 3.8) is 0 Å². The van der Waals surface area contributed by atoms with E-state index in [1.165, 1.54) is 15.8 Å². The second-order valence-electron chi connectivity index (χ2n) is 12.4. The molecular weight excluding hydrogens is 721 g/mol. The molecule has 53 heavy (non-hydrogen) atoms. The van der Waals surface area contributed by atoms with E-state index in [1.807, 2.05) is 0 Å². The highest BCUT2D eigenvalue weighted by Crippen LogP contribution is 2.34. The Kier molecular flexibility index (Phi) is 9.01. The number of carbonyl (C=O) groups is 3. The Morgan fingerprint density at radius 1 is 1.06 bits per heavy atom. The lowest BCUT2D eigenvalue weighted by Crippen LogP contribution is -2.51. The highest BCUT2D eigenvalue weighted by atomic mass is 35.5. The maximum absolute atomic E-state index is 14.3. The first-order valence-electron chi connectivity index (χ1n) is 16.4. The highest BCUT2D eigenvalue weighted by Gasteiger charge is 2.32. The SMILES string of the molecule is CCc1c(N2CCN(C(=O)c3ncnc(C)c3O)CC2)c(=O)n2nc(-c3ccc4c(c3)C(=O)NC4)nc2n1CC(=O)Nc1ccc(C(F)(F)F)cc1Cl. The summed E-state index contributed by atoms with van der Waals surface area (Å²) in [6, 6.07) is 7.66. The molecule has 0 bridgehead atoms. The van der Waals surface area contributed by atoms with E-state index in [0.29, 0.717) is 29.4 Å². The molecule has 2 aliphatic rings. The van der Waals surface area contributed by atoms with Gasteiger partial charge in [-0.15, -0.1) is 5.10 Å². The van der Waals surface area contributed by atoms with Crippen LogP contribution in [0.5, 0.6) is 5.75 Å². The summed E-state index contributed by atoms with van der Waals surface area (Å²) >= 11 is 6.12. The third kappa shape index (κ3) is 6.49. The Balaban J connectivity index is 1.26. The van der Waals surface area contributed by atoms with E-state index in [9.17, 15) is 37.5 Å². The predicted octanol–water partition coefficient (Wildman–Crippen LogP) is 3.44. The maximum atomic E-state index is 14.3. The smallest absolute Gasteiger partial charge is 0.416 e. The predicted molar refractivity (Wildman–Crippen MR) is 185 cm³/mol. The van der Waals surface area contributed by atoms with Crippen LogP contribution in [0.15, 0.2) is 47.5 Å². The van der Waals surface area contributed by atoms with E-state index in [-0.39, 0.29) is 83.6 Å². The van der Waals surface area contributed by atoms with E-state index in [2.05, 4.69) is 30.7 Å². The van der Waals surface area contributed by atoms with E-state index >= 15 is 0 Å². The molecule has 5 aromatic rings. The van der Waals surface area contributed by atoms with E-state index < -0.39 is 35.7 Å². The Morgan fingerprint density at radius 2 is 1.81 bits per heavy atom. The van der Waals surface area contributed by atoms with Crippen molar-refractivity contribution in [3.8, 4) is 17.1 Å². The second kappa shape index (κ2) is 13.5. The van der Waals surface area contributed by atoms with Gasteiger partial charge in [-0.1, -0.05) is 30.7 Å². The number of aryl methyl sites for hydroxylation is 1. The molecule has 0 unspecified atom stereocenters. The van der Waals surface area contributed by atoms with Crippen molar-refractivity contribution < 1.29 is 32.7 Å². The number of piperazine rings is 1. The molecule has 3 amide bonds. The van der Waals surface area contributed by atoms with Gasteiger partial charge < -0.3 is 30.1 Å². The number of hydrogen-bond donors (Lipinski definition) is 3. The third-order valence-corrected chi connectivity index (χ3v) is 9.49. The Hall–Kier alpha value is -6.04. The number of nitrogens with zero attached hydrogens (tertiary/aromatic N) is 8. The Labute approximate surface area is 303 Å². The number of rotatable bonds is 7. The number of halogens is 4. The lowest BCUT2D eigenvalue weighted by Gasteiger charge is -2.36. The molecule has 19 heteroatoms. The monoisotopic (exact) mass is 750 g/mol. The summed E-state index contributed by atoms with van der Waals surface area (Å²) in [5.74, 6) is -1.64. The molecular formula is C34H30ClF3N10O5. The molecule has 3 N–H and O–H groups in total. The van der Waals surface area contributed by atoms with Crippen LogP contribution in [0.25, 0.3) is 17.2 Å². The molecule has 15 nitrogen and oxygen atoms in total. The average Bonchev–Trinajstić information content (AvgIpc) is 3.75. The van der Waals surface area contributed by atoms with Crippen LogP contribution in [0.4, 0.5) is 24.5 Å². The van der Waals surface area contributed by atoms with Crippen molar-refractivity contribution in [2.75, 3.05) is 36.4 Å². The molecule has 7 rings (SSSR count). The van der Waals surface area contributed by atoms with Gasteiger partial charge in [0.2, 0.25) is 11.7 Å². The first-order chi connectivity index (χ1) is 25.2. The minimum atomic E-state index is -4.64. The number of aromatic hydroxyl groups is 1. The summed E-state index contributed by atoms with van der Waals surface area (Å²) in [5.41, 5.74) is 0.842. The van der Waals surface area contributed by atoms with Crippen molar-refractivity contribution in [1.29, 1.82) is 0 Å². The maximum Gasteiger partial charge on any atom is 0.416 e. The molecule has 274 valence electrons. The first-order valence-corrected chi connectivity index (χ1v) is 16.8. The lowest BCUT2D eigenvalue weighted by atomic mass is 10.1. The zero-order chi connectivity index (χ0) is 37.8. The largest absolute Gasteiger partial charge is 0.504 e.